The lowest BCUT2D eigenvalue weighted by atomic mass is 10.0. The Morgan fingerprint density at radius 1 is 1.12 bits per heavy atom. The second-order valence-electron chi connectivity index (χ2n) is 6.66. The minimum atomic E-state index is -0.738. The number of nitrogens with zero attached hydrogens (tertiary/aromatic N) is 2. The van der Waals surface area contributed by atoms with Crippen molar-refractivity contribution >= 4 is 5.70 Å². The summed E-state index contributed by atoms with van der Waals surface area (Å²) in [5.74, 6) is -1.17. The van der Waals surface area contributed by atoms with Crippen LogP contribution in [0, 0.1) is 11.6 Å². The highest BCUT2D eigenvalue weighted by atomic mass is 19.1. The van der Waals surface area contributed by atoms with Gasteiger partial charge in [0.15, 0.2) is 0 Å². The minimum absolute atomic E-state index is 0.0865. The van der Waals surface area contributed by atoms with E-state index in [9.17, 15) is 13.2 Å². The molecule has 1 saturated carbocycles. The van der Waals surface area contributed by atoms with Crippen LogP contribution in [0.3, 0.4) is 0 Å². The molecule has 0 aromatic heterocycles. The molecule has 0 amide bonds. The molecule has 3 nitrogen and oxygen atoms in total. The van der Waals surface area contributed by atoms with Crippen LogP contribution < -0.4 is 5.32 Å². The zero-order valence-electron chi connectivity index (χ0n) is 14.3. The fourth-order valence-electron chi connectivity index (χ4n) is 3.83. The molecular weight excluding hydrogens is 315 g/mol. The molecule has 1 aliphatic carbocycles. The van der Waals surface area contributed by atoms with Gasteiger partial charge >= 0.3 is 0 Å². The second-order valence-corrected chi connectivity index (χ2v) is 6.66. The number of benzene rings is 1. The van der Waals surface area contributed by atoms with Crippen LogP contribution in [-0.4, -0.2) is 42.5 Å². The molecule has 0 bridgehead atoms. The third-order valence-electron chi connectivity index (χ3n) is 5.08. The van der Waals surface area contributed by atoms with Crippen molar-refractivity contribution in [2.45, 2.75) is 51.0 Å². The number of hydrogen-bond donors (Lipinski definition) is 1. The van der Waals surface area contributed by atoms with Crippen molar-refractivity contribution in [1.82, 2.24) is 15.3 Å². The number of hydrogen-bond acceptors (Lipinski definition) is 3. The zero-order valence-corrected chi connectivity index (χ0v) is 14.3. The van der Waals surface area contributed by atoms with Crippen molar-refractivity contribution in [2.75, 3.05) is 14.1 Å². The minimum Gasteiger partial charge on any atom is -0.307 e. The third kappa shape index (κ3) is 3.17. The van der Waals surface area contributed by atoms with Crippen molar-refractivity contribution < 1.29 is 13.2 Å². The summed E-state index contributed by atoms with van der Waals surface area (Å²) < 4.78 is 40.8. The molecule has 24 heavy (non-hydrogen) atoms. The monoisotopic (exact) mass is 339 g/mol. The van der Waals surface area contributed by atoms with E-state index in [4.69, 9.17) is 0 Å². The molecule has 1 heterocycles. The van der Waals surface area contributed by atoms with Gasteiger partial charge in [-0.1, -0.05) is 6.92 Å². The van der Waals surface area contributed by atoms with Crippen molar-refractivity contribution in [2.24, 2.45) is 0 Å². The Bertz CT molecular complexity index is 626. The first-order valence-corrected chi connectivity index (χ1v) is 8.46. The number of likely N-dealkylation sites (N-methyl/N-ethyl adjacent to an activating group) is 1. The molecule has 1 aliphatic heterocycles. The van der Waals surface area contributed by atoms with E-state index >= 15 is 0 Å². The average molecular weight is 339 g/mol. The molecule has 0 saturated heterocycles. The molecule has 0 spiro atoms. The van der Waals surface area contributed by atoms with E-state index < -0.39 is 17.8 Å². The predicted octanol–water partition coefficient (Wildman–Crippen LogP) is 3.68. The van der Waals surface area contributed by atoms with Gasteiger partial charge in [0.25, 0.3) is 0 Å². The summed E-state index contributed by atoms with van der Waals surface area (Å²) in [5.41, 5.74) is 2.40. The SMILES string of the molecule is CCC1=C(c2cc(F)cc(F)c2)N(C)N(C)C1N[C@H]1CC[C@@H](F)C1. The summed E-state index contributed by atoms with van der Waals surface area (Å²) >= 11 is 0. The molecule has 2 aliphatic rings. The van der Waals surface area contributed by atoms with Gasteiger partial charge < -0.3 is 5.01 Å². The molecule has 6 heteroatoms. The number of halogens is 3. The topological polar surface area (TPSA) is 18.5 Å². The lowest BCUT2D eigenvalue weighted by Gasteiger charge is -2.31. The number of nitrogens with one attached hydrogen (secondary N) is 1. The van der Waals surface area contributed by atoms with Crippen LogP contribution in [0.4, 0.5) is 13.2 Å². The summed E-state index contributed by atoms with van der Waals surface area (Å²) in [5, 5.41) is 7.43. The van der Waals surface area contributed by atoms with E-state index in [0.29, 0.717) is 18.4 Å². The van der Waals surface area contributed by atoms with Gasteiger partial charge in [-0.15, -0.1) is 0 Å². The molecule has 0 radical (unpaired) electrons. The Balaban J connectivity index is 1.94. The maximum atomic E-state index is 13.7. The summed E-state index contributed by atoms with van der Waals surface area (Å²) in [6.07, 6.45) is 1.85. The summed E-state index contributed by atoms with van der Waals surface area (Å²) in [6.45, 7) is 2.03. The summed E-state index contributed by atoms with van der Waals surface area (Å²) in [6, 6.07) is 3.72. The van der Waals surface area contributed by atoms with Crippen molar-refractivity contribution in [3.05, 3.63) is 41.0 Å². The maximum Gasteiger partial charge on any atom is 0.126 e. The second kappa shape index (κ2) is 6.76. The van der Waals surface area contributed by atoms with Crippen molar-refractivity contribution in [1.29, 1.82) is 0 Å². The van der Waals surface area contributed by atoms with Gasteiger partial charge in [-0.2, -0.15) is 0 Å². The van der Waals surface area contributed by atoms with Crippen LogP contribution >= 0.6 is 0 Å². The average Bonchev–Trinajstić information content (AvgIpc) is 3.02. The highest BCUT2D eigenvalue weighted by molar-refractivity contribution is 5.69. The van der Waals surface area contributed by atoms with E-state index in [0.717, 1.165) is 30.2 Å². The van der Waals surface area contributed by atoms with E-state index in [1.165, 1.54) is 12.1 Å². The summed E-state index contributed by atoms with van der Waals surface area (Å²) in [4.78, 5) is 0. The first kappa shape index (κ1) is 17.3. The highest BCUT2D eigenvalue weighted by Gasteiger charge is 2.37. The number of alkyl halides is 1. The normalized spacial score (nSPS) is 28.2. The van der Waals surface area contributed by atoms with Gasteiger partial charge in [-0.05, 0) is 43.4 Å². The van der Waals surface area contributed by atoms with E-state index in [2.05, 4.69) is 5.32 Å². The largest absolute Gasteiger partial charge is 0.307 e. The van der Waals surface area contributed by atoms with Crippen molar-refractivity contribution in [3.63, 3.8) is 0 Å². The van der Waals surface area contributed by atoms with E-state index in [1.54, 1.807) is 0 Å². The molecule has 3 rings (SSSR count). The first-order valence-electron chi connectivity index (χ1n) is 8.46. The smallest absolute Gasteiger partial charge is 0.126 e. The Labute approximate surface area is 141 Å². The Hall–Kier alpha value is -1.53. The van der Waals surface area contributed by atoms with E-state index in [1.807, 2.05) is 31.0 Å². The number of hydrazine groups is 1. The lowest BCUT2D eigenvalue weighted by Crippen LogP contribution is -2.49. The molecule has 3 atom stereocenters. The predicted molar refractivity (Wildman–Crippen MR) is 88.6 cm³/mol. The fourth-order valence-corrected chi connectivity index (χ4v) is 3.83. The Morgan fingerprint density at radius 3 is 2.33 bits per heavy atom. The summed E-state index contributed by atoms with van der Waals surface area (Å²) in [7, 11) is 3.81. The van der Waals surface area contributed by atoms with Crippen molar-refractivity contribution in [3.8, 4) is 0 Å². The van der Waals surface area contributed by atoms with Crippen LogP contribution in [0.1, 0.15) is 38.2 Å². The quantitative estimate of drug-likeness (QED) is 0.903. The molecule has 1 N–H and O–H groups in total. The fraction of sp³-hybridized carbons (Fsp3) is 0.556. The highest BCUT2D eigenvalue weighted by Crippen LogP contribution is 2.36. The Morgan fingerprint density at radius 2 is 1.79 bits per heavy atom. The standard InChI is InChI=1S/C18H24F3N3/c1-4-16-17(11-7-13(20)9-14(21)8-11)23(2)24(3)18(16)22-15-6-5-12(19)10-15/h7-9,12,15,18,22H,4-6,10H2,1-3H3/t12-,15+,18?/m1/s1. The van der Waals surface area contributed by atoms with E-state index in [-0.39, 0.29) is 12.2 Å². The number of rotatable bonds is 4. The molecule has 1 unspecified atom stereocenters. The molecule has 132 valence electrons. The lowest BCUT2D eigenvalue weighted by molar-refractivity contribution is 0.0588. The molecule has 1 aromatic rings. The zero-order chi connectivity index (χ0) is 17.4. The molecule has 1 fully saturated rings. The van der Waals surface area contributed by atoms with Gasteiger partial charge in [-0.3, -0.25) is 5.32 Å². The van der Waals surface area contributed by atoms with Crippen LogP contribution in [0.15, 0.2) is 23.8 Å². The maximum absolute atomic E-state index is 13.7. The Kier molecular flexibility index (Phi) is 4.88. The van der Waals surface area contributed by atoms with Crippen LogP contribution in [0.5, 0.6) is 0 Å². The van der Waals surface area contributed by atoms with Gasteiger partial charge in [0, 0.05) is 31.8 Å². The molecular formula is C18H24F3N3. The molecule has 1 aromatic carbocycles. The first-order chi connectivity index (χ1) is 11.4. The van der Waals surface area contributed by atoms with Crippen LogP contribution in [-0.2, 0) is 0 Å². The van der Waals surface area contributed by atoms with Gasteiger partial charge in [-0.25, -0.2) is 18.2 Å². The third-order valence-corrected chi connectivity index (χ3v) is 5.08. The van der Waals surface area contributed by atoms with Gasteiger partial charge in [0.05, 0.1) is 5.70 Å². The van der Waals surface area contributed by atoms with Crippen LogP contribution in [0.25, 0.3) is 5.70 Å². The van der Waals surface area contributed by atoms with Gasteiger partial charge in [0.1, 0.15) is 24.0 Å². The van der Waals surface area contributed by atoms with Gasteiger partial charge in [0.2, 0.25) is 0 Å². The van der Waals surface area contributed by atoms with Crippen LogP contribution in [0.2, 0.25) is 0 Å².